The van der Waals surface area contributed by atoms with Crippen LogP contribution in [-0.2, 0) is 0 Å². The molecule has 1 amide bonds. The summed E-state index contributed by atoms with van der Waals surface area (Å²) in [6.07, 6.45) is 2.81. The lowest BCUT2D eigenvalue weighted by atomic mass is 10.2. The quantitative estimate of drug-likeness (QED) is 0.824. The van der Waals surface area contributed by atoms with Crippen molar-refractivity contribution in [2.45, 2.75) is 0 Å². The summed E-state index contributed by atoms with van der Waals surface area (Å²) < 4.78 is 0. The summed E-state index contributed by atoms with van der Waals surface area (Å²) >= 11 is 0. The van der Waals surface area contributed by atoms with Gasteiger partial charge in [-0.25, -0.2) is 9.97 Å². The first-order valence-electron chi connectivity index (χ1n) is 5.02. The maximum atomic E-state index is 11.8. The monoisotopic (exact) mass is 240 g/mol. The summed E-state index contributed by atoms with van der Waals surface area (Å²) in [5.41, 5.74) is 0.284. The van der Waals surface area contributed by atoms with Crippen LogP contribution in [0.25, 0.3) is 0 Å². The highest BCUT2D eigenvalue weighted by molar-refractivity contribution is 6.04. The summed E-state index contributed by atoms with van der Waals surface area (Å²) in [5, 5.41) is 20.6. The zero-order valence-electron chi connectivity index (χ0n) is 9.16. The van der Waals surface area contributed by atoms with Gasteiger partial charge in [-0.05, 0) is 24.3 Å². The van der Waals surface area contributed by atoms with Crippen molar-refractivity contribution in [2.24, 2.45) is 0 Å². The molecule has 0 unspecified atom stereocenters. The van der Waals surface area contributed by atoms with Crippen molar-refractivity contribution in [3.05, 3.63) is 47.9 Å². The van der Waals surface area contributed by atoms with Crippen molar-refractivity contribution >= 4 is 11.7 Å². The van der Waals surface area contributed by atoms with Crippen molar-refractivity contribution in [3.8, 4) is 11.8 Å². The van der Waals surface area contributed by atoms with Crippen LogP contribution >= 0.6 is 0 Å². The Morgan fingerprint density at radius 1 is 1.33 bits per heavy atom. The minimum atomic E-state index is -0.587. The van der Waals surface area contributed by atoms with Gasteiger partial charge < -0.3 is 10.4 Å². The van der Waals surface area contributed by atoms with Crippen LogP contribution in [0.3, 0.4) is 0 Å². The van der Waals surface area contributed by atoms with Crippen LogP contribution in [0.4, 0.5) is 5.82 Å². The first-order chi connectivity index (χ1) is 8.70. The number of rotatable bonds is 2. The molecule has 6 nitrogen and oxygen atoms in total. The van der Waals surface area contributed by atoms with Gasteiger partial charge in [0.05, 0.1) is 11.6 Å². The van der Waals surface area contributed by atoms with E-state index in [0.717, 1.165) is 0 Å². The van der Waals surface area contributed by atoms with Crippen LogP contribution in [0.5, 0.6) is 5.75 Å². The molecule has 0 aliphatic rings. The molecule has 18 heavy (non-hydrogen) atoms. The topological polar surface area (TPSA) is 98.9 Å². The SMILES string of the molecule is N#Cc1ccnc(NC(=O)c2ncccc2O)c1. The van der Waals surface area contributed by atoms with E-state index in [-0.39, 0.29) is 17.3 Å². The fraction of sp³-hybridized carbons (Fsp3) is 0. The molecule has 0 radical (unpaired) electrons. The predicted molar refractivity (Wildman–Crippen MR) is 62.8 cm³/mol. The number of hydrogen-bond acceptors (Lipinski definition) is 5. The number of carbonyl (C=O) groups is 1. The number of amides is 1. The summed E-state index contributed by atoms with van der Waals surface area (Å²) in [7, 11) is 0. The number of aromatic hydroxyl groups is 1. The van der Waals surface area contributed by atoms with E-state index in [0.29, 0.717) is 5.56 Å². The molecule has 0 saturated carbocycles. The summed E-state index contributed by atoms with van der Waals surface area (Å²) in [6, 6.07) is 7.76. The molecule has 2 aromatic rings. The van der Waals surface area contributed by atoms with Crippen LogP contribution in [-0.4, -0.2) is 21.0 Å². The Hall–Kier alpha value is -2.94. The van der Waals surface area contributed by atoms with Crippen LogP contribution in [0.2, 0.25) is 0 Å². The van der Waals surface area contributed by atoms with Crippen molar-refractivity contribution in [3.63, 3.8) is 0 Å². The zero-order valence-corrected chi connectivity index (χ0v) is 9.16. The van der Waals surface area contributed by atoms with Gasteiger partial charge in [0, 0.05) is 12.4 Å². The molecule has 0 spiro atoms. The second-order valence-electron chi connectivity index (χ2n) is 3.37. The third-order valence-corrected chi connectivity index (χ3v) is 2.13. The zero-order chi connectivity index (χ0) is 13.0. The first-order valence-corrected chi connectivity index (χ1v) is 5.02. The minimum absolute atomic E-state index is 0.0957. The number of hydrogen-bond donors (Lipinski definition) is 2. The Balaban J connectivity index is 2.22. The van der Waals surface area contributed by atoms with Gasteiger partial charge in [-0.1, -0.05) is 0 Å². The predicted octanol–water partition coefficient (Wildman–Crippen LogP) is 1.31. The second-order valence-corrected chi connectivity index (χ2v) is 3.37. The van der Waals surface area contributed by atoms with E-state index in [1.54, 1.807) is 0 Å². The fourth-order valence-electron chi connectivity index (χ4n) is 1.32. The molecule has 2 aromatic heterocycles. The Labute approximate surface area is 103 Å². The summed E-state index contributed by atoms with van der Waals surface area (Å²) in [5.74, 6) is -0.578. The molecular formula is C12H8N4O2. The van der Waals surface area contributed by atoms with E-state index in [1.807, 2.05) is 6.07 Å². The maximum Gasteiger partial charge on any atom is 0.279 e. The van der Waals surface area contributed by atoms with Gasteiger partial charge >= 0.3 is 0 Å². The van der Waals surface area contributed by atoms with Crippen molar-refractivity contribution in [1.29, 1.82) is 5.26 Å². The maximum absolute atomic E-state index is 11.8. The molecule has 2 rings (SSSR count). The number of nitriles is 1. The highest BCUT2D eigenvalue weighted by Crippen LogP contribution is 2.14. The molecule has 0 saturated heterocycles. The van der Waals surface area contributed by atoms with Crippen LogP contribution in [0.15, 0.2) is 36.7 Å². The highest BCUT2D eigenvalue weighted by Gasteiger charge is 2.12. The largest absolute Gasteiger partial charge is 0.505 e. The fourth-order valence-corrected chi connectivity index (χ4v) is 1.32. The van der Waals surface area contributed by atoms with Gasteiger partial charge in [0.25, 0.3) is 5.91 Å². The molecule has 0 aliphatic carbocycles. The number of aromatic nitrogens is 2. The molecule has 0 aromatic carbocycles. The van der Waals surface area contributed by atoms with Gasteiger partial charge in [0.2, 0.25) is 0 Å². The minimum Gasteiger partial charge on any atom is -0.505 e. The van der Waals surface area contributed by atoms with Crippen molar-refractivity contribution < 1.29 is 9.90 Å². The molecule has 6 heteroatoms. The summed E-state index contributed by atoms with van der Waals surface area (Å²) in [6.45, 7) is 0. The molecule has 0 atom stereocenters. The number of nitrogens with one attached hydrogen (secondary N) is 1. The standard InChI is InChI=1S/C12H8N4O2/c13-7-8-3-5-14-10(6-8)16-12(18)11-9(17)2-1-4-15-11/h1-6,17H,(H,14,16,18). The van der Waals surface area contributed by atoms with Gasteiger partial charge in [-0.3, -0.25) is 4.79 Å². The molecule has 2 N–H and O–H groups in total. The average molecular weight is 240 g/mol. The molecule has 0 fully saturated rings. The molecule has 0 aliphatic heterocycles. The normalized spacial score (nSPS) is 9.50. The van der Waals surface area contributed by atoms with Gasteiger partial charge in [-0.2, -0.15) is 5.26 Å². The van der Waals surface area contributed by atoms with Crippen molar-refractivity contribution in [2.75, 3.05) is 5.32 Å². The average Bonchev–Trinajstić information content (AvgIpc) is 2.39. The summed E-state index contributed by atoms with van der Waals surface area (Å²) in [4.78, 5) is 19.4. The Bertz CT molecular complexity index is 634. The molecule has 0 bridgehead atoms. The van der Waals surface area contributed by atoms with Crippen LogP contribution in [0.1, 0.15) is 16.1 Å². The van der Waals surface area contributed by atoms with E-state index in [2.05, 4.69) is 15.3 Å². The van der Waals surface area contributed by atoms with Crippen LogP contribution < -0.4 is 5.32 Å². The second kappa shape index (κ2) is 4.93. The third-order valence-electron chi connectivity index (χ3n) is 2.13. The van der Waals surface area contributed by atoms with E-state index in [9.17, 15) is 9.90 Å². The van der Waals surface area contributed by atoms with Gasteiger partial charge in [0.15, 0.2) is 5.69 Å². The van der Waals surface area contributed by atoms with E-state index in [4.69, 9.17) is 5.26 Å². The Kier molecular flexibility index (Phi) is 3.16. The smallest absolute Gasteiger partial charge is 0.279 e. The van der Waals surface area contributed by atoms with Gasteiger partial charge in [-0.15, -0.1) is 0 Å². The lowest BCUT2D eigenvalue weighted by Crippen LogP contribution is -2.14. The number of nitrogens with zero attached hydrogens (tertiary/aromatic N) is 3. The number of pyridine rings is 2. The number of anilines is 1. The van der Waals surface area contributed by atoms with Crippen molar-refractivity contribution in [1.82, 2.24) is 9.97 Å². The number of carbonyl (C=O) groups excluding carboxylic acids is 1. The lowest BCUT2D eigenvalue weighted by molar-refractivity contribution is 0.101. The molecule has 88 valence electrons. The highest BCUT2D eigenvalue weighted by atomic mass is 16.3. The third kappa shape index (κ3) is 2.41. The van der Waals surface area contributed by atoms with E-state index >= 15 is 0 Å². The molecule has 2 heterocycles. The van der Waals surface area contributed by atoms with E-state index < -0.39 is 5.91 Å². The van der Waals surface area contributed by atoms with E-state index in [1.165, 1.54) is 36.7 Å². The molecular weight excluding hydrogens is 232 g/mol. The first kappa shape index (κ1) is 11.5. The van der Waals surface area contributed by atoms with Gasteiger partial charge in [0.1, 0.15) is 11.6 Å². The lowest BCUT2D eigenvalue weighted by Gasteiger charge is -2.04. The Morgan fingerprint density at radius 2 is 2.17 bits per heavy atom. The van der Waals surface area contributed by atoms with Crippen LogP contribution in [0, 0.1) is 11.3 Å². The Morgan fingerprint density at radius 3 is 2.89 bits per heavy atom.